The Kier molecular flexibility index (Phi) is 3.39. The summed E-state index contributed by atoms with van der Waals surface area (Å²) in [4.78, 5) is 11.2. The van der Waals surface area contributed by atoms with Crippen molar-refractivity contribution < 1.29 is 4.74 Å². The quantitative estimate of drug-likeness (QED) is 0.834. The zero-order valence-electron chi connectivity index (χ0n) is 12.6. The normalized spacial score (nSPS) is 27.9. The van der Waals surface area contributed by atoms with Crippen LogP contribution in [0.15, 0.2) is 23.3 Å². The van der Waals surface area contributed by atoms with Crippen molar-refractivity contribution in [2.45, 2.75) is 31.9 Å². The Morgan fingerprint density at radius 1 is 1.36 bits per heavy atom. The van der Waals surface area contributed by atoms with Crippen LogP contribution in [-0.2, 0) is 4.74 Å². The van der Waals surface area contributed by atoms with Gasteiger partial charge in [0.15, 0.2) is 5.82 Å². The zero-order valence-corrected chi connectivity index (χ0v) is 14.2. The lowest BCUT2D eigenvalue weighted by atomic mass is 9.73. The average molecular weight is 366 g/mol. The summed E-state index contributed by atoms with van der Waals surface area (Å²) in [6.07, 6.45) is 7.77. The Labute approximate surface area is 137 Å². The summed E-state index contributed by atoms with van der Waals surface area (Å²) >= 11 is 3.51. The van der Waals surface area contributed by atoms with Crippen molar-refractivity contribution in [2.24, 2.45) is 11.1 Å². The van der Waals surface area contributed by atoms with E-state index < -0.39 is 0 Å². The van der Waals surface area contributed by atoms with Gasteiger partial charge in [-0.15, -0.1) is 0 Å². The molecule has 2 aliphatic rings. The predicted molar refractivity (Wildman–Crippen MR) is 88.0 cm³/mol. The molecule has 0 aliphatic carbocycles. The topological polar surface area (TPSA) is 68.7 Å². The first-order chi connectivity index (χ1) is 10.6. The van der Waals surface area contributed by atoms with E-state index in [4.69, 9.17) is 10.5 Å². The third-order valence-corrected chi connectivity index (χ3v) is 5.88. The molecule has 4 rings (SSSR count). The molecule has 22 heavy (non-hydrogen) atoms. The lowest BCUT2D eigenvalue weighted by Crippen LogP contribution is -2.50. The molecule has 0 amide bonds. The van der Waals surface area contributed by atoms with E-state index in [1.165, 1.54) is 0 Å². The van der Waals surface area contributed by atoms with Gasteiger partial charge in [-0.05, 0) is 35.7 Å². The number of piperidine rings is 1. The van der Waals surface area contributed by atoms with Crippen molar-refractivity contribution in [3.05, 3.63) is 23.3 Å². The summed E-state index contributed by atoms with van der Waals surface area (Å²) < 4.78 is 8.72. The van der Waals surface area contributed by atoms with Gasteiger partial charge >= 0.3 is 0 Å². The molecule has 2 atom stereocenters. The molecule has 7 heteroatoms. The second kappa shape index (κ2) is 5.18. The smallest absolute Gasteiger partial charge is 0.154 e. The fourth-order valence-electron chi connectivity index (χ4n) is 3.75. The lowest BCUT2D eigenvalue weighted by molar-refractivity contribution is 0.0974. The van der Waals surface area contributed by atoms with Crippen LogP contribution in [-0.4, -0.2) is 46.2 Å². The minimum absolute atomic E-state index is 0.141. The molecule has 6 nitrogen and oxygen atoms in total. The number of imidazole rings is 1. The SMILES string of the molecule is C[C@@H]1OCC2(CCN(c3ncc(Br)n4cncc34)CC2)[C@@H]1N. The minimum Gasteiger partial charge on any atom is -0.376 e. The number of nitrogens with zero attached hydrogens (tertiary/aromatic N) is 4. The molecule has 118 valence electrons. The molecule has 1 spiro atoms. The van der Waals surface area contributed by atoms with Crippen LogP contribution >= 0.6 is 15.9 Å². The fourth-order valence-corrected chi connectivity index (χ4v) is 4.14. The maximum atomic E-state index is 6.39. The van der Waals surface area contributed by atoms with Gasteiger partial charge in [-0.25, -0.2) is 9.97 Å². The summed E-state index contributed by atoms with van der Waals surface area (Å²) in [5.41, 5.74) is 7.56. The van der Waals surface area contributed by atoms with Crippen LogP contribution in [0.2, 0.25) is 0 Å². The van der Waals surface area contributed by atoms with Gasteiger partial charge in [0.1, 0.15) is 16.4 Å². The molecule has 2 fully saturated rings. The largest absolute Gasteiger partial charge is 0.376 e. The molecule has 2 saturated heterocycles. The first kappa shape index (κ1) is 14.4. The predicted octanol–water partition coefficient (Wildman–Crippen LogP) is 1.82. The van der Waals surface area contributed by atoms with Crippen LogP contribution < -0.4 is 10.6 Å². The van der Waals surface area contributed by atoms with E-state index in [1.54, 1.807) is 6.33 Å². The van der Waals surface area contributed by atoms with Crippen LogP contribution in [0.5, 0.6) is 0 Å². The maximum Gasteiger partial charge on any atom is 0.154 e. The van der Waals surface area contributed by atoms with E-state index in [-0.39, 0.29) is 17.6 Å². The van der Waals surface area contributed by atoms with E-state index in [2.05, 4.69) is 37.7 Å². The summed E-state index contributed by atoms with van der Waals surface area (Å²) in [6.45, 7) is 4.79. The minimum atomic E-state index is 0.141. The summed E-state index contributed by atoms with van der Waals surface area (Å²) in [5, 5.41) is 0. The van der Waals surface area contributed by atoms with Crippen molar-refractivity contribution >= 4 is 27.3 Å². The van der Waals surface area contributed by atoms with Crippen LogP contribution in [0.4, 0.5) is 5.82 Å². The Morgan fingerprint density at radius 2 is 2.14 bits per heavy atom. The molecule has 0 unspecified atom stereocenters. The second-order valence-electron chi connectivity index (χ2n) is 6.44. The third-order valence-electron chi connectivity index (χ3n) is 5.30. The molecule has 0 saturated carbocycles. The number of hydrogen-bond acceptors (Lipinski definition) is 5. The van der Waals surface area contributed by atoms with E-state index in [0.717, 1.165) is 48.5 Å². The van der Waals surface area contributed by atoms with Gasteiger partial charge in [-0.1, -0.05) is 0 Å². The molecule has 0 aromatic carbocycles. The molecule has 2 aliphatic heterocycles. The summed E-state index contributed by atoms with van der Waals surface area (Å²) in [7, 11) is 0. The van der Waals surface area contributed by atoms with E-state index >= 15 is 0 Å². The number of anilines is 1. The van der Waals surface area contributed by atoms with Crippen molar-refractivity contribution in [3.63, 3.8) is 0 Å². The summed E-state index contributed by atoms with van der Waals surface area (Å²) in [6, 6.07) is 0.141. The number of fused-ring (bicyclic) bond motifs is 1. The molecule has 0 bridgehead atoms. The fraction of sp³-hybridized carbons (Fsp3) is 0.600. The standard InChI is InChI=1S/C15H20BrN5O/c1-10-13(17)15(8-22-10)2-4-20(5-3-15)14-11-6-18-9-21(11)12(16)7-19-14/h6-7,9-10,13H,2-5,8,17H2,1H3/t10-,13+/m0/s1. The first-order valence-electron chi connectivity index (χ1n) is 7.69. The molecular formula is C15H20BrN5O. The Morgan fingerprint density at radius 3 is 2.82 bits per heavy atom. The lowest BCUT2D eigenvalue weighted by Gasteiger charge is -2.41. The average Bonchev–Trinajstić information content (AvgIpc) is 3.12. The summed E-state index contributed by atoms with van der Waals surface area (Å²) in [5.74, 6) is 0.996. The third kappa shape index (κ3) is 2.06. The highest BCUT2D eigenvalue weighted by Gasteiger charge is 2.47. The number of hydrogen-bond donors (Lipinski definition) is 1. The number of rotatable bonds is 1. The monoisotopic (exact) mass is 365 g/mol. The van der Waals surface area contributed by atoms with Gasteiger partial charge in [-0.2, -0.15) is 0 Å². The Bertz CT molecular complexity index is 694. The van der Waals surface area contributed by atoms with Gasteiger partial charge in [0, 0.05) is 24.5 Å². The van der Waals surface area contributed by atoms with Gasteiger partial charge in [0.25, 0.3) is 0 Å². The molecule has 0 radical (unpaired) electrons. The van der Waals surface area contributed by atoms with Crippen LogP contribution in [0.1, 0.15) is 19.8 Å². The van der Waals surface area contributed by atoms with Gasteiger partial charge in [0.2, 0.25) is 0 Å². The molecule has 2 N–H and O–H groups in total. The maximum absolute atomic E-state index is 6.39. The van der Waals surface area contributed by atoms with Gasteiger partial charge < -0.3 is 15.4 Å². The van der Waals surface area contributed by atoms with E-state index in [1.807, 2.05) is 16.8 Å². The van der Waals surface area contributed by atoms with Crippen molar-refractivity contribution in [1.82, 2.24) is 14.4 Å². The van der Waals surface area contributed by atoms with Crippen LogP contribution in [0.25, 0.3) is 5.52 Å². The molecule has 2 aromatic heterocycles. The van der Waals surface area contributed by atoms with Crippen LogP contribution in [0, 0.1) is 5.41 Å². The number of ether oxygens (including phenoxy) is 1. The number of nitrogens with two attached hydrogens (primary N) is 1. The van der Waals surface area contributed by atoms with E-state index in [9.17, 15) is 0 Å². The second-order valence-corrected chi connectivity index (χ2v) is 7.26. The molecular weight excluding hydrogens is 346 g/mol. The number of halogens is 1. The first-order valence-corrected chi connectivity index (χ1v) is 8.49. The van der Waals surface area contributed by atoms with Crippen LogP contribution in [0.3, 0.4) is 0 Å². The Balaban J connectivity index is 1.59. The van der Waals surface area contributed by atoms with Gasteiger partial charge in [-0.3, -0.25) is 4.40 Å². The zero-order chi connectivity index (χ0) is 15.3. The van der Waals surface area contributed by atoms with Crippen molar-refractivity contribution in [2.75, 3.05) is 24.6 Å². The molecule has 4 heterocycles. The Hall–Kier alpha value is -1.18. The molecule has 2 aromatic rings. The van der Waals surface area contributed by atoms with E-state index in [0.29, 0.717) is 0 Å². The van der Waals surface area contributed by atoms with Crippen molar-refractivity contribution in [1.29, 1.82) is 0 Å². The number of aromatic nitrogens is 3. The highest BCUT2D eigenvalue weighted by atomic mass is 79.9. The highest BCUT2D eigenvalue weighted by molar-refractivity contribution is 9.10. The highest BCUT2D eigenvalue weighted by Crippen LogP contribution is 2.42. The van der Waals surface area contributed by atoms with Crippen molar-refractivity contribution in [3.8, 4) is 0 Å². The van der Waals surface area contributed by atoms with Gasteiger partial charge in [0.05, 0.1) is 25.1 Å².